The van der Waals surface area contributed by atoms with Gasteiger partial charge in [-0.25, -0.2) is 4.98 Å². The molecule has 1 aromatic heterocycles. The van der Waals surface area contributed by atoms with Crippen molar-refractivity contribution >= 4 is 11.3 Å². The summed E-state index contributed by atoms with van der Waals surface area (Å²) < 4.78 is 5.92. The molecule has 4 rings (SSSR count). The van der Waals surface area contributed by atoms with Crippen molar-refractivity contribution in [2.75, 3.05) is 13.2 Å². The van der Waals surface area contributed by atoms with Gasteiger partial charge < -0.3 is 9.84 Å². The number of aliphatic hydroxyl groups excluding tert-OH is 1. The molecule has 2 aromatic carbocycles. The molecule has 5 heteroatoms. The van der Waals surface area contributed by atoms with Gasteiger partial charge in [-0.3, -0.25) is 4.90 Å². The van der Waals surface area contributed by atoms with E-state index in [0.29, 0.717) is 13.0 Å². The van der Waals surface area contributed by atoms with Crippen LogP contribution in [0.15, 0.2) is 60.1 Å². The summed E-state index contributed by atoms with van der Waals surface area (Å²) in [6.45, 7) is 3.20. The van der Waals surface area contributed by atoms with E-state index in [4.69, 9.17) is 4.74 Å². The van der Waals surface area contributed by atoms with Crippen LogP contribution < -0.4 is 4.74 Å². The van der Waals surface area contributed by atoms with Crippen LogP contribution >= 0.6 is 11.3 Å². The molecular weight excluding hydrogens is 356 g/mol. The van der Waals surface area contributed by atoms with E-state index >= 15 is 0 Å². The van der Waals surface area contributed by atoms with Gasteiger partial charge in [0.2, 0.25) is 0 Å². The van der Waals surface area contributed by atoms with E-state index in [1.54, 1.807) is 11.3 Å². The first-order chi connectivity index (χ1) is 13.3. The monoisotopic (exact) mass is 380 g/mol. The first-order valence-electron chi connectivity index (χ1n) is 9.36. The molecule has 1 N–H and O–H groups in total. The highest BCUT2D eigenvalue weighted by molar-refractivity contribution is 7.09. The molecule has 1 unspecified atom stereocenters. The summed E-state index contributed by atoms with van der Waals surface area (Å²) in [7, 11) is 0. The Bertz CT molecular complexity index is 852. The van der Waals surface area contributed by atoms with Crippen LogP contribution in [0, 0.1) is 0 Å². The van der Waals surface area contributed by atoms with Gasteiger partial charge in [-0.05, 0) is 36.1 Å². The summed E-state index contributed by atoms with van der Waals surface area (Å²) >= 11 is 1.68. The summed E-state index contributed by atoms with van der Waals surface area (Å²) in [6, 6.07) is 16.4. The molecule has 0 radical (unpaired) electrons. The van der Waals surface area contributed by atoms with Crippen LogP contribution in [0.25, 0.3) is 0 Å². The van der Waals surface area contributed by atoms with Gasteiger partial charge in [0.1, 0.15) is 17.4 Å². The van der Waals surface area contributed by atoms with Crippen LogP contribution in [0.2, 0.25) is 0 Å². The van der Waals surface area contributed by atoms with Crippen molar-refractivity contribution in [1.29, 1.82) is 0 Å². The van der Waals surface area contributed by atoms with Crippen LogP contribution in [0.4, 0.5) is 0 Å². The van der Waals surface area contributed by atoms with Gasteiger partial charge in [0.15, 0.2) is 0 Å². The molecule has 0 aliphatic carbocycles. The van der Waals surface area contributed by atoms with Gasteiger partial charge >= 0.3 is 0 Å². The van der Waals surface area contributed by atoms with E-state index in [1.165, 1.54) is 5.56 Å². The maximum atomic E-state index is 10.7. The smallest absolute Gasteiger partial charge is 0.123 e. The van der Waals surface area contributed by atoms with Crippen molar-refractivity contribution in [3.63, 3.8) is 0 Å². The predicted octanol–water partition coefficient (Wildman–Crippen LogP) is 4.20. The summed E-state index contributed by atoms with van der Waals surface area (Å²) in [4.78, 5) is 6.74. The molecule has 3 aromatic rings. The van der Waals surface area contributed by atoms with Crippen LogP contribution in [0.3, 0.4) is 0 Å². The van der Waals surface area contributed by atoms with E-state index in [2.05, 4.69) is 28.1 Å². The molecule has 0 fully saturated rings. The third-order valence-electron chi connectivity index (χ3n) is 4.92. The van der Waals surface area contributed by atoms with E-state index < -0.39 is 6.10 Å². The molecular formula is C22H24N2O2S. The summed E-state index contributed by atoms with van der Waals surface area (Å²) in [5.74, 6) is 0.927. The Morgan fingerprint density at radius 2 is 2.07 bits per heavy atom. The van der Waals surface area contributed by atoms with E-state index in [-0.39, 0.29) is 0 Å². The highest BCUT2D eigenvalue weighted by Crippen LogP contribution is 2.29. The fourth-order valence-corrected chi connectivity index (χ4v) is 4.11. The molecule has 27 heavy (non-hydrogen) atoms. The van der Waals surface area contributed by atoms with Crippen molar-refractivity contribution in [2.24, 2.45) is 0 Å². The molecule has 0 spiro atoms. The first kappa shape index (κ1) is 18.2. The Morgan fingerprint density at radius 3 is 2.89 bits per heavy atom. The highest BCUT2D eigenvalue weighted by Gasteiger charge is 2.18. The zero-order valence-corrected chi connectivity index (χ0v) is 16.1. The fourth-order valence-electron chi connectivity index (χ4n) is 3.45. The zero-order chi connectivity index (χ0) is 18.5. The largest absolute Gasteiger partial charge is 0.492 e. The van der Waals surface area contributed by atoms with Crippen molar-refractivity contribution in [1.82, 2.24) is 9.88 Å². The van der Waals surface area contributed by atoms with Crippen LogP contribution in [-0.2, 0) is 19.5 Å². The van der Waals surface area contributed by atoms with Gasteiger partial charge in [-0.15, -0.1) is 11.3 Å². The molecule has 4 nitrogen and oxygen atoms in total. The second-order valence-corrected chi connectivity index (χ2v) is 7.87. The van der Waals surface area contributed by atoms with Gasteiger partial charge in [-0.2, -0.15) is 0 Å². The van der Waals surface area contributed by atoms with Gasteiger partial charge in [0.25, 0.3) is 0 Å². The second kappa shape index (κ2) is 8.65. The van der Waals surface area contributed by atoms with Crippen molar-refractivity contribution in [2.45, 2.75) is 32.0 Å². The minimum absolute atomic E-state index is 0.467. The molecule has 140 valence electrons. The summed E-state index contributed by atoms with van der Waals surface area (Å²) in [5, 5.41) is 13.8. The Hall–Kier alpha value is -2.21. The number of aromatic nitrogens is 1. The first-order valence-corrected chi connectivity index (χ1v) is 10.2. The predicted molar refractivity (Wildman–Crippen MR) is 108 cm³/mol. The van der Waals surface area contributed by atoms with Crippen LogP contribution in [0.5, 0.6) is 5.75 Å². The number of rotatable bonds is 6. The van der Waals surface area contributed by atoms with Gasteiger partial charge in [-0.1, -0.05) is 36.4 Å². The SMILES string of the molecule is OC(CCc1ccccc1)c1ccc2c(c1)CN(Cc1nccs1)CCO2. The Balaban J connectivity index is 1.44. The third kappa shape index (κ3) is 4.75. The summed E-state index contributed by atoms with van der Waals surface area (Å²) in [6.07, 6.45) is 2.97. The normalized spacial score (nSPS) is 15.6. The lowest BCUT2D eigenvalue weighted by molar-refractivity contribution is 0.167. The number of hydrogen-bond acceptors (Lipinski definition) is 5. The van der Waals surface area contributed by atoms with Gasteiger partial charge in [0.05, 0.1) is 12.6 Å². The number of aliphatic hydroxyl groups is 1. The molecule has 0 saturated carbocycles. The minimum Gasteiger partial charge on any atom is -0.492 e. The lowest BCUT2D eigenvalue weighted by atomic mass is 9.99. The average molecular weight is 381 g/mol. The van der Waals surface area contributed by atoms with Crippen molar-refractivity contribution in [3.8, 4) is 5.75 Å². The third-order valence-corrected chi connectivity index (χ3v) is 5.68. The molecule has 0 amide bonds. The van der Waals surface area contributed by atoms with Crippen molar-refractivity contribution < 1.29 is 9.84 Å². The number of thiazole rings is 1. The van der Waals surface area contributed by atoms with Gasteiger partial charge in [0, 0.05) is 30.2 Å². The molecule has 1 aliphatic rings. The maximum Gasteiger partial charge on any atom is 0.123 e. The van der Waals surface area contributed by atoms with E-state index in [1.807, 2.05) is 41.9 Å². The van der Waals surface area contributed by atoms with Crippen LogP contribution in [0.1, 0.15) is 34.2 Å². The Kier molecular flexibility index (Phi) is 5.82. The molecule has 1 atom stereocenters. The number of nitrogens with zero attached hydrogens (tertiary/aromatic N) is 2. The molecule has 0 bridgehead atoms. The highest BCUT2D eigenvalue weighted by atomic mass is 32.1. The van der Waals surface area contributed by atoms with E-state index in [0.717, 1.165) is 47.9 Å². The Labute approximate surface area is 164 Å². The topological polar surface area (TPSA) is 45.6 Å². The molecule has 2 heterocycles. The number of benzene rings is 2. The summed E-state index contributed by atoms with van der Waals surface area (Å²) in [5.41, 5.74) is 3.36. The average Bonchev–Trinajstić information content (AvgIpc) is 3.12. The zero-order valence-electron chi connectivity index (χ0n) is 15.3. The molecule has 0 saturated heterocycles. The van der Waals surface area contributed by atoms with Crippen molar-refractivity contribution in [3.05, 3.63) is 81.8 Å². The number of ether oxygens (including phenoxy) is 1. The lowest BCUT2D eigenvalue weighted by Gasteiger charge is -2.18. The number of aryl methyl sites for hydroxylation is 1. The fraction of sp³-hybridized carbons (Fsp3) is 0.318. The van der Waals surface area contributed by atoms with Crippen LogP contribution in [-0.4, -0.2) is 28.1 Å². The number of fused-ring (bicyclic) bond motifs is 1. The Morgan fingerprint density at radius 1 is 1.19 bits per heavy atom. The van der Waals surface area contributed by atoms with E-state index in [9.17, 15) is 5.11 Å². The minimum atomic E-state index is -0.467. The second-order valence-electron chi connectivity index (χ2n) is 6.89. The maximum absolute atomic E-state index is 10.7. The standard InChI is InChI=1S/C22H24N2O2S/c25-20(8-6-17-4-2-1-3-5-17)18-7-9-21-19(14-18)15-24(11-12-26-21)16-22-23-10-13-27-22/h1-5,7,9-10,13-14,20,25H,6,8,11-12,15-16H2. The number of hydrogen-bond donors (Lipinski definition) is 1. The lowest BCUT2D eigenvalue weighted by Crippen LogP contribution is -2.25. The quantitative estimate of drug-likeness (QED) is 0.696. The molecule has 1 aliphatic heterocycles.